The number of aliphatic hydroxyl groups is 2. The van der Waals surface area contributed by atoms with Crippen LogP contribution in [0.2, 0.25) is 5.02 Å². The smallest absolute Gasteiger partial charge is 0.218 e. The Balaban J connectivity index is 1.78. The van der Waals surface area contributed by atoms with Crippen molar-refractivity contribution in [3.63, 3.8) is 0 Å². The Labute approximate surface area is 150 Å². The molecule has 0 saturated heterocycles. The third-order valence-electron chi connectivity index (χ3n) is 3.78. The van der Waals surface area contributed by atoms with Gasteiger partial charge in [-0.05, 0) is 35.7 Å². The minimum atomic E-state index is -1.57. The summed E-state index contributed by atoms with van der Waals surface area (Å²) < 4.78 is 7.32. The molecule has 0 unspecified atom stereocenters. The molecule has 0 amide bonds. The molecule has 3 rings (SSSR count). The molecule has 0 radical (unpaired) electrons. The summed E-state index contributed by atoms with van der Waals surface area (Å²) in [6.45, 7) is 2.39. The van der Waals surface area contributed by atoms with Crippen LogP contribution in [0.1, 0.15) is 29.9 Å². The van der Waals surface area contributed by atoms with Gasteiger partial charge in [-0.1, -0.05) is 30.7 Å². The van der Waals surface area contributed by atoms with Crippen molar-refractivity contribution in [1.82, 2.24) is 14.8 Å². The quantitative estimate of drug-likeness (QED) is 0.661. The van der Waals surface area contributed by atoms with E-state index in [1.807, 2.05) is 18.2 Å². The largest absolute Gasteiger partial charge is 0.473 e. The van der Waals surface area contributed by atoms with E-state index in [4.69, 9.17) is 16.3 Å². The van der Waals surface area contributed by atoms with E-state index in [1.54, 1.807) is 12.3 Å². The number of aliphatic hydroxyl groups excluding tert-OH is 1. The first-order valence-electron chi connectivity index (χ1n) is 7.85. The average molecular weight is 360 g/mol. The zero-order chi connectivity index (χ0) is 17.8. The highest BCUT2D eigenvalue weighted by atomic mass is 35.5. The van der Waals surface area contributed by atoms with Gasteiger partial charge >= 0.3 is 0 Å². The molecule has 0 fully saturated rings. The number of rotatable bonds is 6. The highest BCUT2D eigenvalue weighted by molar-refractivity contribution is 6.31. The summed E-state index contributed by atoms with van der Waals surface area (Å²) in [4.78, 5) is 4.19. The third-order valence-corrected chi connectivity index (χ3v) is 4.13. The molecule has 2 aromatic heterocycles. The van der Waals surface area contributed by atoms with E-state index in [-0.39, 0.29) is 0 Å². The molecule has 0 saturated carbocycles. The van der Waals surface area contributed by atoms with Crippen molar-refractivity contribution in [2.24, 2.45) is 0 Å². The zero-order valence-electron chi connectivity index (χ0n) is 13.6. The SMILES string of the molecule is CCc1ccc(COc2ccnn2-c2cc(C(O)O)ccn2)cc1Cl. The van der Waals surface area contributed by atoms with Crippen LogP contribution in [0.4, 0.5) is 0 Å². The maximum atomic E-state index is 9.29. The highest BCUT2D eigenvalue weighted by Gasteiger charge is 2.11. The lowest BCUT2D eigenvalue weighted by molar-refractivity contribution is -0.0425. The van der Waals surface area contributed by atoms with Crippen molar-refractivity contribution < 1.29 is 14.9 Å². The van der Waals surface area contributed by atoms with Crippen LogP contribution in [-0.4, -0.2) is 25.0 Å². The van der Waals surface area contributed by atoms with Crippen LogP contribution in [-0.2, 0) is 13.0 Å². The van der Waals surface area contributed by atoms with E-state index < -0.39 is 6.29 Å². The third kappa shape index (κ3) is 3.99. The molecule has 7 heteroatoms. The van der Waals surface area contributed by atoms with E-state index in [2.05, 4.69) is 17.0 Å². The second-order valence-electron chi connectivity index (χ2n) is 5.47. The van der Waals surface area contributed by atoms with Crippen molar-refractivity contribution in [3.8, 4) is 11.7 Å². The van der Waals surface area contributed by atoms with Crippen LogP contribution in [0.25, 0.3) is 5.82 Å². The van der Waals surface area contributed by atoms with Crippen LogP contribution in [0.3, 0.4) is 0 Å². The molecule has 0 bridgehead atoms. The Morgan fingerprint density at radius 2 is 2.00 bits per heavy atom. The number of hydrogen-bond acceptors (Lipinski definition) is 5. The molecule has 130 valence electrons. The van der Waals surface area contributed by atoms with Crippen LogP contribution < -0.4 is 4.74 Å². The first kappa shape index (κ1) is 17.4. The topological polar surface area (TPSA) is 80.4 Å². The lowest BCUT2D eigenvalue weighted by atomic mass is 10.1. The fraction of sp³-hybridized carbons (Fsp3) is 0.222. The summed E-state index contributed by atoms with van der Waals surface area (Å²) in [7, 11) is 0. The molecule has 2 heterocycles. The van der Waals surface area contributed by atoms with Gasteiger partial charge in [0, 0.05) is 22.8 Å². The van der Waals surface area contributed by atoms with Gasteiger partial charge in [-0.15, -0.1) is 0 Å². The van der Waals surface area contributed by atoms with Crippen molar-refractivity contribution >= 4 is 11.6 Å². The van der Waals surface area contributed by atoms with Gasteiger partial charge in [0.1, 0.15) is 6.61 Å². The molecule has 25 heavy (non-hydrogen) atoms. The minimum absolute atomic E-state index is 0.327. The maximum Gasteiger partial charge on any atom is 0.218 e. The Bertz CT molecular complexity index is 864. The average Bonchev–Trinajstić information content (AvgIpc) is 3.09. The van der Waals surface area contributed by atoms with Gasteiger partial charge in [-0.2, -0.15) is 9.78 Å². The predicted octanol–water partition coefficient (Wildman–Crippen LogP) is 3.05. The number of aryl methyl sites for hydroxylation is 1. The van der Waals surface area contributed by atoms with Gasteiger partial charge in [0.2, 0.25) is 5.88 Å². The minimum Gasteiger partial charge on any atom is -0.473 e. The van der Waals surface area contributed by atoms with Crippen LogP contribution in [0.5, 0.6) is 5.88 Å². The first-order chi connectivity index (χ1) is 12.1. The number of aromatic nitrogens is 3. The molecular formula is C18H18ClN3O3. The van der Waals surface area contributed by atoms with Gasteiger partial charge in [-0.25, -0.2) is 4.98 Å². The van der Waals surface area contributed by atoms with Gasteiger partial charge in [0.05, 0.1) is 6.20 Å². The van der Waals surface area contributed by atoms with E-state index in [9.17, 15) is 10.2 Å². The number of benzene rings is 1. The van der Waals surface area contributed by atoms with Crippen molar-refractivity contribution in [3.05, 3.63) is 70.5 Å². The molecular weight excluding hydrogens is 342 g/mol. The van der Waals surface area contributed by atoms with Gasteiger partial charge in [0.25, 0.3) is 0 Å². The lowest BCUT2D eigenvalue weighted by Crippen LogP contribution is -2.06. The Hall–Kier alpha value is -2.41. The summed E-state index contributed by atoms with van der Waals surface area (Å²) in [6, 6.07) is 10.6. The number of halogens is 1. The molecule has 0 aliphatic carbocycles. The van der Waals surface area contributed by atoms with Gasteiger partial charge in [0.15, 0.2) is 12.1 Å². The van der Waals surface area contributed by atoms with Crippen LogP contribution >= 0.6 is 11.6 Å². The van der Waals surface area contributed by atoms with Crippen molar-refractivity contribution in [1.29, 1.82) is 0 Å². The number of nitrogens with zero attached hydrogens (tertiary/aromatic N) is 3. The predicted molar refractivity (Wildman–Crippen MR) is 93.7 cm³/mol. The van der Waals surface area contributed by atoms with E-state index in [1.165, 1.54) is 23.0 Å². The van der Waals surface area contributed by atoms with Crippen molar-refractivity contribution in [2.45, 2.75) is 26.2 Å². The molecule has 2 N–H and O–H groups in total. The molecule has 1 aromatic carbocycles. The zero-order valence-corrected chi connectivity index (χ0v) is 14.4. The van der Waals surface area contributed by atoms with E-state index in [0.717, 1.165) is 22.6 Å². The molecule has 0 aliphatic heterocycles. The van der Waals surface area contributed by atoms with Crippen molar-refractivity contribution in [2.75, 3.05) is 0 Å². The Morgan fingerprint density at radius 3 is 2.72 bits per heavy atom. The summed E-state index contributed by atoms with van der Waals surface area (Å²) >= 11 is 6.23. The molecule has 0 atom stereocenters. The Morgan fingerprint density at radius 1 is 1.16 bits per heavy atom. The highest BCUT2D eigenvalue weighted by Crippen LogP contribution is 2.22. The summed E-state index contributed by atoms with van der Waals surface area (Å²) in [5.41, 5.74) is 2.37. The van der Waals surface area contributed by atoms with Crippen LogP contribution in [0, 0.1) is 0 Å². The fourth-order valence-corrected chi connectivity index (χ4v) is 2.74. The molecule has 3 aromatic rings. The molecule has 0 aliphatic rings. The van der Waals surface area contributed by atoms with E-state index in [0.29, 0.717) is 23.9 Å². The normalized spacial score (nSPS) is 11.1. The molecule has 6 nitrogen and oxygen atoms in total. The monoisotopic (exact) mass is 359 g/mol. The summed E-state index contributed by atoms with van der Waals surface area (Å²) in [6.07, 6.45) is 2.39. The fourth-order valence-electron chi connectivity index (χ4n) is 2.41. The van der Waals surface area contributed by atoms with E-state index >= 15 is 0 Å². The number of ether oxygens (including phenoxy) is 1. The second kappa shape index (κ2) is 7.65. The van der Waals surface area contributed by atoms with Gasteiger partial charge < -0.3 is 14.9 Å². The lowest BCUT2D eigenvalue weighted by Gasteiger charge is -2.11. The standard InChI is InChI=1S/C18H18ClN3O3/c1-2-13-4-3-12(9-15(13)19)11-25-17-6-8-21-22(17)16-10-14(18(23)24)5-7-20-16/h3-10,18,23-24H,2,11H2,1H3. The maximum absolute atomic E-state index is 9.29. The number of hydrogen-bond donors (Lipinski definition) is 2. The molecule has 0 spiro atoms. The Kier molecular flexibility index (Phi) is 5.33. The summed E-state index contributed by atoms with van der Waals surface area (Å²) in [5.74, 6) is 0.928. The number of pyridine rings is 1. The second-order valence-corrected chi connectivity index (χ2v) is 5.88. The van der Waals surface area contributed by atoms with Crippen LogP contribution in [0.15, 0.2) is 48.8 Å². The first-order valence-corrected chi connectivity index (χ1v) is 8.23. The van der Waals surface area contributed by atoms with Gasteiger partial charge in [-0.3, -0.25) is 0 Å². The summed E-state index contributed by atoms with van der Waals surface area (Å²) in [5, 5.41) is 23.5.